The van der Waals surface area contributed by atoms with E-state index in [9.17, 15) is 14.4 Å². The number of fused-ring (bicyclic) bond motifs is 1. The van der Waals surface area contributed by atoms with Gasteiger partial charge in [-0.15, -0.1) is 0 Å². The van der Waals surface area contributed by atoms with Crippen molar-refractivity contribution in [3.63, 3.8) is 0 Å². The zero-order valence-electron chi connectivity index (χ0n) is 32.3. The molecule has 1 aliphatic carbocycles. The number of imidazole rings is 1. The van der Waals surface area contributed by atoms with Crippen molar-refractivity contribution in [1.82, 2.24) is 14.9 Å². The Morgan fingerprint density at radius 2 is 1.69 bits per heavy atom. The van der Waals surface area contributed by atoms with E-state index in [2.05, 4.69) is 35.5 Å². The Bertz CT molecular complexity index is 1920. The van der Waals surface area contributed by atoms with Gasteiger partial charge in [-0.05, 0) is 98.8 Å². The molecule has 10 nitrogen and oxygen atoms in total. The van der Waals surface area contributed by atoms with Crippen LogP contribution in [0.5, 0.6) is 5.75 Å². The average Bonchev–Trinajstić information content (AvgIpc) is 3.54. The summed E-state index contributed by atoms with van der Waals surface area (Å²) in [5.74, 6) is 0.553. The number of nitrogens with zero attached hydrogens (tertiary/aromatic N) is 2. The number of esters is 1. The number of aromatic amines is 1. The molecule has 0 aliphatic heterocycles. The second-order valence-corrected chi connectivity index (χ2v) is 14.8. The zero-order valence-corrected chi connectivity index (χ0v) is 32.3. The van der Waals surface area contributed by atoms with E-state index in [1.165, 1.54) is 36.2 Å². The molecule has 1 heterocycles. The van der Waals surface area contributed by atoms with E-state index in [4.69, 9.17) is 19.2 Å². The first-order chi connectivity index (χ1) is 26.0. The molecule has 286 valence electrons. The monoisotopic (exact) mass is 734 g/mol. The number of unbranched alkanes of at least 4 members (excludes halogenated alkanes) is 4. The highest BCUT2D eigenvalue weighted by molar-refractivity contribution is 5.97. The fourth-order valence-electron chi connectivity index (χ4n) is 6.29. The Hall–Kier alpha value is -5.22. The lowest BCUT2D eigenvalue weighted by Crippen LogP contribution is -2.38. The van der Waals surface area contributed by atoms with Crippen molar-refractivity contribution in [3.8, 4) is 5.75 Å². The van der Waals surface area contributed by atoms with E-state index < -0.39 is 11.6 Å². The molecule has 1 aromatic heterocycles. The number of anilines is 1. The number of allylic oxidation sites excluding steroid dienone is 2. The Morgan fingerprint density at radius 1 is 0.944 bits per heavy atom. The number of rotatable bonds is 18. The standard InChI is InChI=1S/C44H54N4O6/c1-6-7-8-9-10-25-53-37-22-13-31(14-23-37)27-40-46-38-24-15-33(26-39(38)47-40)29-48(30-42(50)54-44(2,3)4)43(51)34-16-18-35(19-17-34)45-41(49)28-32-11-20-36(52-5)21-12-32/h11-22,24,26,37H,6-10,23,25,27-30H2,1-5H3,(H,45,49)(H,46,47). The van der Waals surface area contributed by atoms with E-state index in [0.717, 1.165) is 53.2 Å². The van der Waals surface area contributed by atoms with Crippen molar-refractivity contribution in [2.75, 3.05) is 25.6 Å². The fourth-order valence-corrected chi connectivity index (χ4v) is 6.29. The van der Waals surface area contributed by atoms with Gasteiger partial charge in [0.1, 0.15) is 23.7 Å². The molecule has 3 aromatic carbocycles. The minimum atomic E-state index is -0.701. The molecule has 0 radical (unpaired) electrons. The number of carbonyl (C=O) groups excluding carboxylic acids is 3. The first-order valence-electron chi connectivity index (χ1n) is 19.0. The molecule has 0 fully saturated rings. The molecule has 1 unspecified atom stereocenters. The third kappa shape index (κ3) is 12.4. The van der Waals surface area contributed by atoms with Crippen LogP contribution in [0.15, 0.2) is 90.5 Å². The minimum absolute atomic E-state index is 0.124. The van der Waals surface area contributed by atoms with Crippen LogP contribution in [0.1, 0.15) is 93.5 Å². The second kappa shape index (κ2) is 19.2. The van der Waals surface area contributed by atoms with E-state index in [0.29, 0.717) is 17.7 Å². The molecule has 4 aromatic rings. The van der Waals surface area contributed by atoms with Crippen molar-refractivity contribution in [1.29, 1.82) is 0 Å². The first kappa shape index (κ1) is 40.0. The Kier molecular flexibility index (Phi) is 14.2. The van der Waals surface area contributed by atoms with Crippen molar-refractivity contribution >= 4 is 34.5 Å². The zero-order chi connectivity index (χ0) is 38.5. The van der Waals surface area contributed by atoms with Crippen LogP contribution in [0.3, 0.4) is 0 Å². The molecule has 0 saturated heterocycles. The van der Waals surface area contributed by atoms with Gasteiger partial charge in [0.15, 0.2) is 0 Å². The average molecular weight is 735 g/mol. The molecular formula is C44H54N4O6. The summed E-state index contributed by atoms with van der Waals surface area (Å²) in [5.41, 5.74) is 4.80. The molecular weight excluding hydrogens is 681 g/mol. The summed E-state index contributed by atoms with van der Waals surface area (Å²) >= 11 is 0. The molecule has 1 aliphatic rings. The molecule has 2 amide bonds. The summed E-state index contributed by atoms with van der Waals surface area (Å²) in [6.45, 7) is 8.36. The normalized spacial score (nSPS) is 14.1. The van der Waals surface area contributed by atoms with Gasteiger partial charge in [-0.1, -0.05) is 69.0 Å². The molecule has 54 heavy (non-hydrogen) atoms. The van der Waals surface area contributed by atoms with Crippen molar-refractivity contribution < 1.29 is 28.6 Å². The van der Waals surface area contributed by atoms with Gasteiger partial charge in [0, 0.05) is 30.8 Å². The number of hydrogen-bond donors (Lipinski definition) is 2. The van der Waals surface area contributed by atoms with Crippen molar-refractivity contribution in [2.45, 2.75) is 97.3 Å². The van der Waals surface area contributed by atoms with E-state index in [1.807, 2.05) is 42.5 Å². The van der Waals surface area contributed by atoms with Crippen LogP contribution in [0, 0.1) is 0 Å². The molecule has 0 spiro atoms. The Morgan fingerprint density at radius 3 is 2.37 bits per heavy atom. The number of carbonyl (C=O) groups is 3. The minimum Gasteiger partial charge on any atom is -0.497 e. The number of H-pyrrole nitrogens is 1. The quantitative estimate of drug-likeness (QED) is 0.0776. The van der Waals surface area contributed by atoms with Crippen molar-refractivity contribution in [2.24, 2.45) is 0 Å². The largest absolute Gasteiger partial charge is 0.497 e. The summed E-state index contributed by atoms with van der Waals surface area (Å²) in [5, 5.41) is 2.88. The van der Waals surface area contributed by atoms with E-state index in [-0.39, 0.29) is 37.4 Å². The van der Waals surface area contributed by atoms with Crippen LogP contribution in [0.2, 0.25) is 0 Å². The molecule has 5 rings (SSSR count). The Labute approximate surface area is 319 Å². The highest BCUT2D eigenvalue weighted by atomic mass is 16.6. The molecule has 10 heteroatoms. The Balaban J connectivity index is 1.21. The summed E-state index contributed by atoms with van der Waals surface area (Å²) in [4.78, 5) is 49.3. The van der Waals surface area contributed by atoms with E-state index >= 15 is 0 Å². The predicted molar refractivity (Wildman–Crippen MR) is 212 cm³/mol. The van der Waals surface area contributed by atoms with Gasteiger partial charge in [0.05, 0.1) is 30.7 Å². The summed E-state index contributed by atoms with van der Waals surface area (Å²) in [6.07, 6.45) is 14.5. The fraction of sp³-hybridized carbons (Fsp3) is 0.409. The SMILES string of the molecule is CCCCCCCOC1C=CC(Cc2nc3ccc(CN(CC(=O)OC(C)(C)C)C(=O)c4ccc(NC(=O)Cc5ccc(OC)cc5)cc4)cc3[nH]2)=CC1. The third-order valence-corrected chi connectivity index (χ3v) is 9.02. The lowest BCUT2D eigenvalue weighted by molar-refractivity contribution is -0.155. The van der Waals surface area contributed by atoms with Crippen molar-refractivity contribution in [3.05, 3.63) is 113 Å². The van der Waals surface area contributed by atoms with Crippen LogP contribution in [-0.4, -0.2) is 64.6 Å². The molecule has 0 bridgehead atoms. The van der Waals surface area contributed by atoms with Gasteiger partial charge in [0.25, 0.3) is 5.91 Å². The number of hydrogen-bond acceptors (Lipinski definition) is 7. The number of aromatic nitrogens is 2. The maximum atomic E-state index is 13.9. The number of ether oxygens (including phenoxy) is 3. The lowest BCUT2D eigenvalue weighted by Gasteiger charge is -2.25. The van der Waals surface area contributed by atoms with Gasteiger partial charge in [-0.25, -0.2) is 4.98 Å². The van der Waals surface area contributed by atoms with E-state index in [1.54, 1.807) is 52.1 Å². The number of nitrogens with one attached hydrogen (secondary N) is 2. The van der Waals surface area contributed by atoms with Gasteiger partial charge < -0.3 is 29.4 Å². The van der Waals surface area contributed by atoms with Crippen LogP contribution in [0.25, 0.3) is 11.0 Å². The number of benzene rings is 3. The molecule has 0 saturated carbocycles. The van der Waals surface area contributed by atoms with Crippen LogP contribution in [-0.2, 0) is 38.4 Å². The third-order valence-electron chi connectivity index (χ3n) is 9.02. The summed E-state index contributed by atoms with van der Waals surface area (Å²) < 4.78 is 16.8. The van der Waals surface area contributed by atoms with Crippen LogP contribution >= 0.6 is 0 Å². The number of methoxy groups -OCH3 is 1. The highest BCUT2D eigenvalue weighted by Gasteiger charge is 2.24. The lowest BCUT2D eigenvalue weighted by atomic mass is 10.0. The highest BCUT2D eigenvalue weighted by Crippen LogP contribution is 2.22. The second-order valence-electron chi connectivity index (χ2n) is 14.8. The van der Waals surface area contributed by atoms with Gasteiger partial charge in [-0.3, -0.25) is 14.4 Å². The topological polar surface area (TPSA) is 123 Å². The van der Waals surface area contributed by atoms with Gasteiger partial charge in [-0.2, -0.15) is 0 Å². The molecule has 1 atom stereocenters. The van der Waals surface area contributed by atoms with Gasteiger partial charge >= 0.3 is 5.97 Å². The summed E-state index contributed by atoms with van der Waals surface area (Å²) in [7, 11) is 1.60. The summed E-state index contributed by atoms with van der Waals surface area (Å²) in [6, 6.07) is 19.8. The van der Waals surface area contributed by atoms with Crippen LogP contribution < -0.4 is 10.1 Å². The molecule has 2 N–H and O–H groups in total. The van der Waals surface area contributed by atoms with Gasteiger partial charge in [0.2, 0.25) is 5.91 Å². The van der Waals surface area contributed by atoms with Crippen LogP contribution in [0.4, 0.5) is 5.69 Å². The number of amides is 2. The maximum absolute atomic E-state index is 13.9. The maximum Gasteiger partial charge on any atom is 0.326 e. The first-order valence-corrected chi connectivity index (χ1v) is 19.0. The predicted octanol–water partition coefficient (Wildman–Crippen LogP) is 8.52. The smallest absolute Gasteiger partial charge is 0.326 e.